The number of carbonyl (C=O) groups excluding carboxylic acids is 2. The molecule has 2 aliphatic rings. The fraction of sp³-hybridized carbons (Fsp3) is 0.636. The molecule has 31 heavy (non-hydrogen) atoms. The summed E-state index contributed by atoms with van der Waals surface area (Å²) in [6, 6.07) is 0. The molecule has 7 nitrogen and oxygen atoms in total. The van der Waals surface area contributed by atoms with Crippen molar-refractivity contribution in [2.75, 3.05) is 11.9 Å². The van der Waals surface area contributed by atoms with Gasteiger partial charge in [-0.15, -0.1) is 21.5 Å². The van der Waals surface area contributed by atoms with E-state index >= 15 is 0 Å². The molecule has 0 radical (unpaired) electrons. The van der Waals surface area contributed by atoms with Crippen molar-refractivity contribution in [2.24, 2.45) is 5.92 Å². The lowest BCUT2D eigenvalue weighted by molar-refractivity contribution is -0.115. The Morgan fingerprint density at radius 3 is 2.94 bits per heavy atom. The van der Waals surface area contributed by atoms with Crippen molar-refractivity contribution in [2.45, 2.75) is 82.7 Å². The van der Waals surface area contributed by atoms with Crippen LogP contribution in [0.4, 0.5) is 5.00 Å². The minimum atomic E-state index is -0.357. The molecule has 0 saturated heterocycles. The molecule has 0 aromatic carbocycles. The number of carbonyl (C=O) groups is 2. The lowest BCUT2D eigenvalue weighted by atomic mass is 9.88. The molecule has 2 aromatic heterocycles. The van der Waals surface area contributed by atoms with Gasteiger partial charge in [-0.25, -0.2) is 4.79 Å². The van der Waals surface area contributed by atoms with E-state index in [1.165, 1.54) is 34.4 Å². The monoisotopic (exact) mass is 462 g/mol. The van der Waals surface area contributed by atoms with Crippen molar-refractivity contribution in [1.82, 2.24) is 14.8 Å². The van der Waals surface area contributed by atoms with Crippen LogP contribution in [-0.4, -0.2) is 38.5 Å². The highest BCUT2D eigenvalue weighted by atomic mass is 32.2. The minimum Gasteiger partial charge on any atom is -0.462 e. The molecule has 2 atom stereocenters. The van der Waals surface area contributed by atoms with Gasteiger partial charge in [0.15, 0.2) is 5.16 Å². The molecule has 0 saturated carbocycles. The summed E-state index contributed by atoms with van der Waals surface area (Å²) in [5.41, 5.74) is 1.61. The van der Waals surface area contributed by atoms with Gasteiger partial charge in [-0.05, 0) is 57.4 Å². The van der Waals surface area contributed by atoms with E-state index in [0.717, 1.165) is 61.6 Å². The van der Waals surface area contributed by atoms with Crippen LogP contribution < -0.4 is 5.32 Å². The predicted octanol–water partition coefficient (Wildman–Crippen LogP) is 4.49. The van der Waals surface area contributed by atoms with Crippen LogP contribution in [0, 0.1) is 5.92 Å². The van der Waals surface area contributed by atoms with Gasteiger partial charge in [-0.2, -0.15) is 0 Å². The molecule has 0 fully saturated rings. The normalized spacial score (nSPS) is 19.1. The van der Waals surface area contributed by atoms with Crippen molar-refractivity contribution in [3.05, 3.63) is 21.8 Å². The Kier molecular flexibility index (Phi) is 7.01. The maximum atomic E-state index is 13.0. The van der Waals surface area contributed by atoms with Crippen LogP contribution >= 0.6 is 23.1 Å². The van der Waals surface area contributed by atoms with Crippen molar-refractivity contribution in [3.8, 4) is 0 Å². The van der Waals surface area contributed by atoms with E-state index in [1.54, 1.807) is 6.92 Å². The topological polar surface area (TPSA) is 86.1 Å². The average molecular weight is 463 g/mol. The van der Waals surface area contributed by atoms with Gasteiger partial charge in [0.05, 0.1) is 17.4 Å². The first kappa shape index (κ1) is 22.3. The summed E-state index contributed by atoms with van der Waals surface area (Å²) < 4.78 is 7.46. The van der Waals surface area contributed by atoms with Crippen LogP contribution in [0.3, 0.4) is 0 Å². The summed E-state index contributed by atoms with van der Waals surface area (Å²) >= 11 is 2.95. The fourth-order valence-electron chi connectivity index (χ4n) is 4.23. The van der Waals surface area contributed by atoms with Crippen LogP contribution in [0.5, 0.6) is 0 Å². The lowest BCUT2D eigenvalue weighted by Gasteiger charge is -2.18. The first-order valence-corrected chi connectivity index (χ1v) is 12.9. The molecule has 3 heterocycles. The van der Waals surface area contributed by atoms with Gasteiger partial charge in [0, 0.05) is 17.8 Å². The van der Waals surface area contributed by atoms with E-state index in [-0.39, 0.29) is 17.1 Å². The third kappa shape index (κ3) is 4.82. The van der Waals surface area contributed by atoms with Crippen LogP contribution in [-0.2, 0) is 35.3 Å². The largest absolute Gasteiger partial charge is 0.462 e. The third-order valence-corrected chi connectivity index (χ3v) is 8.21. The fourth-order valence-corrected chi connectivity index (χ4v) is 6.52. The molecule has 2 aromatic rings. The number of anilines is 1. The van der Waals surface area contributed by atoms with Crippen molar-refractivity contribution in [1.29, 1.82) is 0 Å². The molecule has 4 rings (SSSR count). The van der Waals surface area contributed by atoms with Gasteiger partial charge >= 0.3 is 5.97 Å². The Bertz CT molecular complexity index is 968. The lowest BCUT2D eigenvalue weighted by Crippen LogP contribution is -2.24. The second kappa shape index (κ2) is 9.73. The zero-order valence-electron chi connectivity index (χ0n) is 18.4. The van der Waals surface area contributed by atoms with Crippen molar-refractivity contribution >= 4 is 40.0 Å². The number of nitrogens with zero attached hydrogens (tertiary/aromatic N) is 3. The Labute approximate surface area is 191 Å². The minimum absolute atomic E-state index is 0.131. The summed E-state index contributed by atoms with van der Waals surface area (Å²) in [5.74, 6) is 1.13. The molecule has 0 bridgehead atoms. The number of fused-ring (bicyclic) bond motifs is 2. The number of hydrogen-bond donors (Lipinski definition) is 1. The number of aromatic nitrogens is 3. The van der Waals surface area contributed by atoms with E-state index in [4.69, 9.17) is 4.74 Å². The third-order valence-electron chi connectivity index (χ3n) is 5.95. The van der Waals surface area contributed by atoms with Gasteiger partial charge in [-0.3, -0.25) is 4.79 Å². The van der Waals surface area contributed by atoms with Crippen molar-refractivity contribution < 1.29 is 14.3 Å². The number of thioether (sulfide) groups is 1. The summed E-state index contributed by atoms with van der Waals surface area (Å²) in [6.45, 7) is 7.12. The number of hydrogen-bond acceptors (Lipinski definition) is 7. The molecule has 1 N–H and O–H groups in total. The quantitative estimate of drug-likeness (QED) is 0.503. The number of nitrogens with one attached hydrogen (secondary N) is 1. The molecule has 1 aliphatic carbocycles. The maximum absolute atomic E-state index is 13.0. The number of thiophene rings is 1. The molecular weight excluding hydrogens is 432 g/mol. The Hall–Kier alpha value is -1.87. The maximum Gasteiger partial charge on any atom is 0.341 e. The predicted molar refractivity (Wildman–Crippen MR) is 123 cm³/mol. The molecule has 2 unspecified atom stereocenters. The van der Waals surface area contributed by atoms with Crippen LogP contribution in [0.1, 0.15) is 73.1 Å². The van der Waals surface area contributed by atoms with E-state index in [2.05, 4.69) is 27.0 Å². The van der Waals surface area contributed by atoms with E-state index < -0.39 is 0 Å². The first-order valence-electron chi connectivity index (χ1n) is 11.2. The van der Waals surface area contributed by atoms with Crippen molar-refractivity contribution in [3.63, 3.8) is 0 Å². The first-order chi connectivity index (χ1) is 15.0. The molecule has 9 heteroatoms. The molecule has 1 amide bonds. The molecule has 1 aliphatic heterocycles. The van der Waals surface area contributed by atoms with Gasteiger partial charge < -0.3 is 14.6 Å². The van der Waals surface area contributed by atoms with E-state index in [0.29, 0.717) is 23.1 Å². The molecular formula is C22H30N4O3S2. The van der Waals surface area contributed by atoms with Crippen LogP contribution in [0.2, 0.25) is 0 Å². The highest BCUT2D eigenvalue weighted by molar-refractivity contribution is 8.00. The average Bonchev–Trinajstić information content (AvgIpc) is 3.18. The van der Waals surface area contributed by atoms with E-state index in [9.17, 15) is 9.59 Å². The van der Waals surface area contributed by atoms with Crippen LogP contribution in [0.15, 0.2) is 5.16 Å². The second-order valence-electron chi connectivity index (χ2n) is 8.39. The summed E-state index contributed by atoms with van der Waals surface area (Å²) in [5, 5.41) is 12.7. The zero-order valence-corrected chi connectivity index (χ0v) is 20.0. The van der Waals surface area contributed by atoms with Gasteiger partial charge in [0.2, 0.25) is 5.91 Å². The molecule has 168 valence electrons. The number of rotatable bonds is 6. The Morgan fingerprint density at radius 2 is 2.13 bits per heavy atom. The Morgan fingerprint density at radius 1 is 1.29 bits per heavy atom. The number of esters is 1. The van der Waals surface area contributed by atoms with Gasteiger partial charge in [-0.1, -0.05) is 25.1 Å². The van der Waals surface area contributed by atoms with E-state index in [1.807, 2.05) is 6.92 Å². The zero-order chi connectivity index (χ0) is 22.0. The number of aryl methyl sites for hydroxylation is 1. The Balaban J connectivity index is 1.51. The summed E-state index contributed by atoms with van der Waals surface area (Å²) in [6.07, 6.45) is 7.23. The molecule has 0 spiro atoms. The summed E-state index contributed by atoms with van der Waals surface area (Å²) in [4.78, 5) is 26.9. The number of ether oxygens (including phenoxy) is 1. The smallest absolute Gasteiger partial charge is 0.341 e. The second-order valence-corrected chi connectivity index (χ2v) is 10.8. The highest BCUT2D eigenvalue weighted by Gasteiger charge is 2.30. The highest BCUT2D eigenvalue weighted by Crippen LogP contribution is 2.40. The summed E-state index contributed by atoms with van der Waals surface area (Å²) in [7, 11) is 0. The van der Waals surface area contributed by atoms with Crippen LogP contribution in [0.25, 0.3) is 0 Å². The SMILES string of the molecule is CCOC(=O)c1c(NC(=O)C(C)Sc2nnc3n2CCCCC3)sc2c1CCC(C)C2. The van der Waals surface area contributed by atoms with Gasteiger partial charge in [0.25, 0.3) is 0 Å². The standard InChI is InChI=1S/C22H30N4O3S2/c1-4-29-21(28)18-15-10-9-13(2)12-16(15)31-20(18)23-19(27)14(3)30-22-25-24-17-8-6-5-7-11-26(17)22/h13-14H,4-12H2,1-3H3,(H,23,27). The number of amides is 1. The van der Waals surface area contributed by atoms with Gasteiger partial charge in [0.1, 0.15) is 10.8 Å².